The van der Waals surface area contributed by atoms with Crippen molar-refractivity contribution in [2.45, 2.75) is 95.3 Å². The van der Waals surface area contributed by atoms with Gasteiger partial charge in [-0.15, -0.1) is 0 Å². The molecule has 7 nitrogen and oxygen atoms in total. The quantitative estimate of drug-likeness (QED) is 0.323. The van der Waals surface area contributed by atoms with Crippen molar-refractivity contribution in [1.82, 2.24) is 4.72 Å². The van der Waals surface area contributed by atoms with Crippen LogP contribution in [0.25, 0.3) is 0 Å². The molecule has 2 aromatic rings. The van der Waals surface area contributed by atoms with Crippen LogP contribution in [-0.2, 0) is 23.1 Å². The summed E-state index contributed by atoms with van der Waals surface area (Å²) in [7, 11) is -3.84. The Bertz CT molecular complexity index is 1440. The number of rotatable bonds is 2. The first-order valence-corrected chi connectivity index (χ1v) is 18.4. The van der Waals surface area contributed by atoms with E-state index in [0.717, 1.165) is 80.7 Å². The topological polar surface area (TPSA) is 99.1 Å². The van der Waals surface area contributed by atoms with E-state index in [4.69, 9.17) is 16.3 Å². The number of hydrogen-bond donors (Lipinski definition) is 3. The van der Waals surface area contributed by atoms with E-state index in [-0.39, 0.29) is 11.8 Å². The number of benzene rings is 2. The molecule has 6 atom stereocenters. The van der Waals surface area contributed by atoms with E-state index in [9.17, 15) is 18.6 Å². The van der Waals surface area contributed by atoms with Crippen molar-refractivity contribution in [3.8, 4) is 5.75 Å². The summed E-state index contributed by atoms with van der Waals surface area (Å²) in [5, 5.41) is 22.6. The second-order valence-corrected chi connectivity index (χ2v) is 16.0. The maximum atomic E-state index is 13.8. The summed E-state index contributed by atoms with van der Waals surface area (Å²) in [6.07, 6.45) is 11.2. The van der Waals surface area contributed by atoms with Gasteiger partial charge in [0.2, 0.25) is 10.0 Å². The fourth-order valence-electron chi connectivity index (χ4n) is 7.44. The highest BCUT2D eigenvalue weighted by atomic mass is 35.5. The number of aryl methyl sites for hydroxylation is 1. The maximum absolute atomic E-state index is 13.8. The molecule has 2 saturated carbocycles. The van der Waals surface area contributed by atoms with Crippen LogP contribution in [0, 0.1) is 23.7 Å². The Kier molecular flexibility index (Phi) is 9.93. The van der Waals surface area contributed by atoms with Crippen LogP contribution in [0.2, 0.25) is 5.02 Å². The van der Waals surface area contributed by atoms with Gasteiger partial charge in [-0.1, -0.05) is 62.1 Å². The molecule has 2 heterocycles. The number of ether oxygens (including phenoxy) is 1. The van der Waals surface area contributed by atoms with Gasteiger partial charge in [0, 0.05) is 18.1 Å². The van der Waals surface area contributed by atoms with Gasteiger partial charge in [-0.25, -0.2) is 8.42 Å². The van der Waals surface area contributed by atoms with E-state index in [2.05, 4.69) is 9.62 Å². The van der Waals surface area contributed by atoms with Crippen LogP contribution in [0.1, 0.15) is 87.6 Å². The van der Waals surface area contributed by atoms with E-state index >= 15 is 0 Å². The minimum Gasteiger partial charge on any atom is -0.487 e. The number of halogens is 1. The molecule has 2 aromatic carbocycles. The first-order valence-electron chi connectivity index (χ1n) is 16.5. The summed E-state index contributed by atoms with van der Waals surface area (Å²) in [5.74, 6) is 1.43. The lowest BCUT2D eigenvalue weighted by Crippen LogP contribution is -2.43. The molecule has 0 amide bonds. The van der Waals surface area contributed by atoms with Crippen LogP contribution in [-0.4, -0.2) is 43.1 Å². The van der Waals surface area contributed by atoms with Gasteiger partial charge in [-0.05, 0) is 110 Å². The van der Waals surface area contributed by atoms with Crippen LogP contribution in [0.3, 0.4) is 0 Å². The van der Waals surface area contributed by atoms with E-state index in [0.29, 0.717) is 42.6 Å². The van der Waals surface area contributed by atoms with Gasteiger partial charge in [-0.2, -0.15) is 4.72 Å². The molecule has 0 saturated heterocycles. The lowest BCUT2D eigenvalue weighted by Gasteiger charge is -2.42. The Morgan fingerprint density at radius 2 is 1.86 bits per heavy atom. The molecule has 9 heteroatoms. The van der Waals surface area contributed by atoms with Gasteiger partial charge >= 0.3 is 0 Å². The third-order valence-electron chi connectivity index (χ3n) is 10.6. The molecule has 0 radical (unpaired) electrons. The number of anilines is 1. The average Bonchev–Trinajstić information content (AvgIpc) is 2.96. The number of nitrogens with one attached hydrogen (secondary N) is 1. The summed E-state index contributed by atoms with van der Waals surface area (Å²) >= 11 is 6.33. The minimum atomic E-state index is -3.84. The molecule has 44 heavy (non-hydrogen) atoms. The second kappa shape index (κ2) is 13.7. The molecule has 2 fully saturated rings. The highest BCUT2D eigenvalue weighted by Crippen LogP contribution is 2.42. The van der Waals surface area contributed by atoms with E-state index in [1.165, 1.54) is 5.56 Å². The molecular weight excluding hydrogens is 596 g/mol. The first kappa shape index (κ1) is 31.9. The lowest BCUT2D eigenvalue weighted by molar-refractivity contribution is 0.0460. The van der Waals surface area contributed by atoms with E-state index < -0.39 is 27.6 Å². The van der Waals surface area contributed by atoms with Crippen molar-refractivity contribution < 1.29 is 23.4 Å². The molecule has 3 N–H and O–H groups in total. The normalized spacial score (nSPS) is 32.0. The zero-order valence-corrected chi connectivity index (χ0v) is 27.3. The van der Waals surface area contributed by atoms with E-state index in [1.54, 1.807) is 6.07 Å². The number of fused-ring (bicyclic) bond motifs is 3. The van der Waals surface area contributed by atoms with E-state index in [1.807, 2.05) is 49.4 Å². The third kappa shape index (κ3) is 7.15. The molecule has 2 bridgehead atoms. The zero-order chi connectivity index (χ0) is 30.8. The van der Waals surface area contributed by atoms with Gasteiger partial charge < -0.3 is 19.8 Å². The average molecular weight is 643 g/mol. The lowest BCUT2D eigenvalue weighted by atomic mass is 9.70. The smallest absolute Gasteiger partial charge is 0.217 e. The molecule has 0 aromatic heterocycles. The number of aliphatic hydroxyl groups is 2. The predicted octanol–water partition coefficient (Wildman–Crippen LogP) is 6.51. The second-order valence-electron chi connectivity index (χ2n) is 13.6. The monoisotopic (exact) mass is 642 g/mol. The molecular formula is C35H47ClN2O5S. The molecule has 4 aliphatic rings. The van der Waals surface area contributed by atoms with Crippen molar-refractivity contribution >= 4 is 27.3 Å². The Labute approximate surface area is 267 Å². The van der Waals surface area contributed by atoms with Crippen LogP contribution >= 0.6 is 11.6 Å². The fraction of sp³-hybridized carbons (Fsp3) is 0.600. The molecule has 6 rings (SSSR count). The summed E-state index contributed by atoms with van der Waals surface area (Å²) in [4.78, 5) is 2.32. The fourth-order valence-corrected chi connectivity index (χ4v) is 9.50. The highest BCUT2D eigenvalue weighted by Gasteiger charge is 2.38. The van der Waals surface area contributed by atoms with Gasteiger partial charge in [0.05, 0.1) is 17.0 Å². The highest BCUT2D eigenvalue weighted by molar-refractivity contribution is 7.90. The maximum Gasteiger partial charge on any atom is 0.217 e. The van der Waals surface area contributed by atoms with Gasteiger partial charge in [0.25, 0.3) is 0 Å². The summed E-state index contributed by atoms with van der Waals surface area (Å²) in [5.41, 5.74) is 3.63. The number of sulfonamides is 1. The van der Waals surface area contributed by atoms with Crippen molar-refractivity contribution in [1.29, 1.82) is 0 Å². The minimum absolute atomic E-state index is 0.150. The SMILES string of the molecule is C[C@@H]1C/C=C/[C@H](O)[C@@H]2CC[C@H]2CN2CCCCc3cc(Cl)ccc3COc3ccc(cc32)[C@@H](O)NS(=O)(=O)C1CC1CCC1. The van der Waals surface area contributed by atoms with Crippen LogP contribution in [0.4, 0.5) is 5.69 Å². The summed E-state index contributed by atoms with van der Waals surface area (Å²) in [6.45, 7) is 3.91. The van der Waals surface area contributed by atoms with Gasteiger partial charge in [-0.3, -0.25) is 0 Å². The summed E-state index contributed by atoms with van der Waals surface area (Å²) in [6, 6.07) is 11.5. The standard InChI is InChI=1S/C35H47ClN2O5S/c1-23-6-4-10-32(39)30-15-12-27(30)21-38-17-3-2-9-25-19-29(36)14-11-28(25)22-43-33-16-13-26(20-31(33)38)35(40)37-44(41,42)34(23)18-24-7-5-8-24/h4,10-11,13-14,16,19-20,23-24,27,30,32,34-35,37,39-40H,2-3,5-9,12,15,17-18,21-22H2,1H3/b10-4+/t23-,27+,30-,32+,34?,35-/m1/s1. The Morgan fingerprint density at radius 3 is 2.61 bits per heavy atom. The Balaban J connectivity index is 1.36. The summed E-state index contributed by atoms with van der Waals surface area (Å²) < 4.78 is 36.8. The van der Waals surface area contributed by atoms with Crippen molar-refractivity contribution in [3.63, 3.8) is 0 Å². The van der Waals surface area contributed by atoms with Gasteiger partial charge in [0.15, 0.2) is 0 Å². The largest absolute Gasteiger partial charge is 0.487 e. The molecule has 240 valence electrons. The van der Waals surface area contributed by atoms with Gasteiger partial charge in [0.1, 0.15) is 18.6 Å². The predicted molar refractivity (Wildman–Crippen MR) is 175 cm³/mol. The van der Waals surface area contributed by atoms with Crippen LogP contribution < -0.4 is 14.4 Å². The zero-order valence-electron chi connectivity index (χ0n) is 25.7. The van der Waals surface area contributed by atoms with Crippen molar-refractivity contribution in [3.05, 3.63) is 70.3 Å². The molecule has 2 aliphatic carbocycles. The third-order valence-corrected chi connectivity index (χ3v) is 12.9. The number of aliphatic hydroxyl groups excluding tert-OH is 2. The molecule has 2 aliphatic heterocycles. The van der Waals surface area contributed by atoms with Crippen LogP contribution in [0.5, 0.6) is 5.75 Å². The Morgan fingerprint density at radius 1 is 1.02 bits per heavy atom. The Hall–Kier alpha value is -2.10. The first-order chi connectivity index (χ1) is 21.2. The number of nitrogens with zero attached hydrogens (tertiary/aromatic N) is 1. The molecule has 0 spiro atoms. The number of allylic oxidation sites excluding steroid dienone is 1. The molecule has 1 unspecified atom stereocenters. The van der Waals surface area contributed by atoms with Crippen LogP contribution in [0.15, 0.2) is 48.6 Å². The van der Waals surface area contributed by atoms with Crippen molar-refractivity contribution in [2.24, 2.45) is 23.7 Å². The number of hydrogen-bond acceptors (Lipinski definition) is 6. The van der Waals surface area contributed by atoms with Crippen molar-refractivity contribution in [2.75, 3.05) is 18.0 Å².